The molecule has 0 aliphatic carbocycles. The zero-order chi connectivity index (χ0) is 93.5. The van der Waals surface area contributed by atoms with Crippen molar-refractivity contribution in [1.29, 1.82) is 0 Å². The van der Waals surface area contributed by atoms with Crippen LogP contribution in [0.25, 0.3) is 0 Å². The maximum Gasteiger partial charge on any atom is 0.472 e. The Morgan fingerprint density at radius 3 is 0.651 bits per heavy atom. The monoisotopic (exact) mass is 1840 g/mol. The quantitative estimate of drug-likeness (QED) is 0.0146. The van der Waals surface area contributed by atoms with Crippen LogP contribution < -0.4 is 0 Å². The predicted molar refractivity (Wildman–Crippen MR) is 546 cm³/mol. The first-order valence-corrected chi connectivity index (χ1v) is 55.4. The second-order valence-electron chi connectivity index (χ2n) is 35.0. The number of rotatable bonds is 99. The first kappa shape index (κ1) is 124. The third-order valence-electron chi connectivity index (χ3n) is 22.4. The van der Waals surface area contributed by atoms with E-state index in [0.29, 0.717) is 19.3 Å². The van der Waals surface area contributed by atoms with Crippen molar-refractivity contribution < 1.29 is 75.8 Å². The molecule has 5 unspecified atom stereocenters. The van der Waals surface area contributed by atoms with Crippen LogP contribution in [-0.2, 0) is 55.8 Å². The lowest BCUT2D eigenvalue weighted by atomic mass is 10.0. The SMILES string of the molecule is CC/C=C\C/C=C\C/C=C\C/C=C\C/C=C\C/C=C\CCCCCCCCCCCCCCC(=O)OCC(COP(=O)(O)OCC(O)COP(=O)(O)OCC(O)COC(=O)CCCCCCCCCCCCCCCCCCCCC/C=C\C/C=C\C/C=C\C/C=C\CCCCC)OC(=O)CCCCCCCCCCCCC/C=C\C/C=C\C/C=C\C/C=C\CCCCC. The van der Waals surface area contributed by atoms with Gasteiger partial charge < -0.3 is 34.2 Å². The number of phosphoric ester groups is 2. The van der Waals surface area contributed by atoms with Gasteiger partial charge in [0.1, 0.15) is 25.4 Å². The Labute approximate surface area is 790 Å². The van der Waals surface area contributed by atoms with Gasteiger partial charge in [0.15, 0.2) is 6.10 Å². The standard InChI is InChI=1S/C111H192O16P2/c1-4-7-10-13-16-19-22-25-28-31-34-37-40-43-46-48-50-51-52-53-55-57-59-61-64-67-70-73-76-79-82-85-88-91-94-97-109(114)121-100-106(112)101-123-128(117,118)124-102-107(113)103-125-129(119,120)126-105-108(127-111(116)99-96-93-90-87-84-81-78-75-72-69-66-63-58-45-42-39-36-33-30-27-24-21-18-15-12-9-6-3)104-122-110(115)98-95-92-89-86-83-80-77-74-71-68-65-62-60-56-54-49-47-44-41-38-35-32-29-26-23-20-17-14-11-8-5-2/h8,11,16-21,25-30,34-39,43-47,54,56,58,106-108,112-113H,4-7,9-10,12-15,22-24,31-33,40-42,48-53,55,57,59-105H2,1-3H3,(H,117,118)(H,119,120)/b11-8-,19-16-,20-17-,21-18-,28-25-,29-26-,30-27-,37-34-,38-35-,39-36-,46-43-,47-44-,56-54-,58-45-. The van der Waals surface area contributed by atoms with Gasteiger partial charge in [-0.15, -0.1) is 0 Å². The summed E-state index contributed by atoms with van der Waals surface area (Å²) in [6.07, 6.45) is 134. The number of hydrogen-bond donors (Lipinski definition) is 4. The smallest absolute Gasteiger partial charge is 0.463 e. The maximum atomic E-state index is 13.1. The van der Waals surface area contributed by atoms with Crippen LogP contribution in [0.3, 0.4) is 0 Å². The molecule has 0 aliphatic heterocycles. The molecule has 129 heavy (non-hydrogen) atoms. The number of carbonyl (C=O) groups excluding carboxylic acids is 3. The number of ether oxygens (including phenoxy) is 3. The van der Waals surface area contributed by atoms with Crippen LogP contribution in [0.4, 0.5) is 0 Å². The summed E-state index contributed by atoms with van der Waals surface area (Å²) in [6.45, 7) is 2.59. The molecule has 5 atom stereocenters. The third-order valence-corrected chi connectivity index (χ3v) is 24.3. The summed E-state index contributed by atoms with van der Waals surface area (Å²) in [6, 6.07) is 0. The highest BCUT2D eigenvalue weighted by Crippen LogP contribution is 2.45. The molecule has 16 nitrogen and oxygen atoms in total. The van der Waals surface area contributed by atoms with E-state index in [0.717, 1.165) is 161 Å². The zero-order valence-electron chi connectivity index (χ0n) is 82.3. The van der Waals surface area contributed by atoms with Crippen molar-refractivity contribution in [3.05, 3.63) is 170 Å². The number of aliphatic hydroxyl groups excluding tert-OH is 2. The van der Waals surface area contributed by atoms with E-state index in [9.17, 15) is 43.5 Å². The Balaban J connectivity index is 4.59. The van der Waals surface area contributed by atoms with Crippen molar-refractivity contribution in [2.75, 3.05) is 39.6 Å². The molecule has 0 fully saturated rings. The van der Waals surface area contributed by atoms with E-state index in [1.54, 1.807) is 0 Å². The fraction of sp³-hybridized carbons (Fsp3) is 0.721. The Kier molecular flexibility index (Phi) is 97.8. The van der Waals surface area contributed by atoms with Crippen LogP contribution in [0, 0.1) is 0 Å². The molecule has 0 aliphatic rings. The van der Waals surface area contributed by atoms with Gasteiger partial charge in [0.25, 0.3) is 0 Å². The van der Waals surface area contributed by atoms with Gasteiger partial charge in [0.2, 0.25) is 0 Å². The van der Waals surface area contributed by atoms with Crippen LogP contribution in [0.15, 0.2) is 170 Å². The van der Waals surface area contributed by atoms with Gasteiger partial charge in [-0.3, -0.25) is 32.5 Å². The molecule has 0 aromatic carbocycles. The molecular weight excluding hydrogens is 1650 g/mol. The Morgan fingerprint density at radius 1 is 0.225 bits per heavy atom. The largest absolute Gasteiger partial charge is 0.472 e. The Morgan fingerprint density at radius 2 is 0.411 bits per heavy atom. The Bertz CT molecular complexity index is 3030. The van der Waals surface area contributed by atoms with E-state index in [2.05, 4.69) is 191 Å². The van der Waals surface area contributed by atoms with Crippen molar-refractivity contribution in [2.45, 2.75) is 476 Å². The zero-order valence-corrected chi connectivity index (χ0v) is 84.1. The van der Waals surface area contributed by atoms with E-state index in [4.69, 9.17) is 32.3 Å². The lowest BCUT2D eigenvalue weighted by Crippen LogP contribution is -2.30. The molecule has 4 N–H and O–H groups in total. The minimum absolute atomic E-state index is 0.0973. The normalized spacial score (nSPS) is 14.3. The molecule has 0 amide bonds. The molecule has 0 bridgehead atoms. The number of aliphatic hydroxyl groups is 2. The molecule has 0 radical (unpaired) electrons. The molecular formula is C111H192O16P2. The molecule has 0 saturated carbocycles. The van der Waals surface area contributed by atoms with E-state index in [1.165, 1.54) is 238 Å². The molecule has 0 heterocycles. The van der Waals surface area contributed by atoms with Crippen molar-refractivity contribution in [2.24, 2.45) is 0 Å². The summed E-state index contributed by atoms with van der Waals surface area (Å²) in [4.78, 5) is 59.2. The summed E-state index contributed by atoms with van der Waals surface area (Å²) in [7, 11) is -9.82. The summed E-state index contributed by atoms with van der Waals surface area (Å²) in [5, 5.41) is 20.8. The average Bonchev–Trinajstić information content (AvgIpc) is 0.898. The summed E-state index contributed by atoms with van der Waals surface area (Å²) >= 11 is 0. The topological polar surface area (TPSA) is 231 Å². The van der Waals surface area contributed by atoms with E-state index in [-0.39, 0.29) is 19.3 Å². The highest BCUT2D eigenvalue weighted by Gasteiger charge is 2.30. The number of unbranched alkanes of at least 4 members (excludes halogenated alkanes) is 48. The Hall–Kier alpha value is -5.09. The number of carbonyl (C=O) groups is 3. The second-order valence-corrected chi connectivity index (χ2v) is 37.9. The van der Waals surface area contributed by atoms with Crippen molar-refractivity contribution >= 4 is 33.6 Å². The van der Waals surface area contributed by atoms with Crippen LogP contribution in [-0.4, -0.2) is 95.9 Å². The number of allylic oxidation sites excluding steroid dienone is 28. The number of phosphoric acid groups is 2. The maximum absolute atomic E-state index is 13.1. The average molecular weight is 1840 g/mol. The van der Waals surface area contributed by atoms with Gasteiger partial charge >= 0.3 is 33.6 Å². The highest BCUT2D eigenvalue weighted by molar-refractivity contribution is 7.47. The fourth-order valence-corrected chi connectivity index (χ4v) is 16.1. The van der Waals surface area contributed by atoms with Crippen molar-refractivity contribution in [3.63, 3.8) is 0 Å². The molecule has 0 saturated heterocycles. The van der Waals surface area contributed by atoms with Gasteiger partial charge in [-0.05, 0) is 161 Å². The molecule has 18 heteroatoms. The molecule has 0 aromatic rings. The number of hydrogen-bond acceptors (Lipinski definition) is 14. The highest BCUT2D eigenvalue weighted by atomic mass is 31.2. The van der Waals surface area contributed by atoms with E-state index < -0.39 is 91.5 Å². The minimum Gasteiger partial charge on any atom is -0.463 e. The van der Waals surface area contributed by atoms with E-state index in [1.807, 2.05) is 0 Å². The third kappa shape index (κ3) is 103. The lowest BCUT2D eigenvalue weighted by molar-refractivity contribution is -0.161. The lowest BCUT2D eigenvalue weighted by Gasteiger charge is -2.21. The van der Waals surface area contributed by atoms with Gasteiger partial charge in [-0.2, -0.15) is 0 Å². The molecule has 0 rings (SSSR count). The molecule has 0 spiro atoms. The van der Waals surface area contributed by atoms with Crippen molar-refractivity contribution in [1.82, 2.24) is 0 Å². The van der Waals surface area contributed by atoms with Crippen LogP contribution in [0.5, 0.6) is 0 Å². The fourth-order valence-electron chi connectivity index (χ4n) is 14.5. The first-order chi connectivity index (χ1) is 63.2. The molecule has 742 valence electrons. The van der Waals surface area contributed by atoms with Crippen LogP contribution in [0.1, 0.15) is 457 Å². The van der Waals surface area contributed by atoms with Gasteiger partial charge in [0, 0.05) is 19.3 Å². The van der Waals surface area contributed by atoms with Gasteiger partial charge in [-0.1, -0.05) is 448 Å². The summed E-state index contributed by atoms with van der Waals surface area (Å²) < 4.78 is 61.7. The second kappa shape index (κ2) is 102. The summed E-state index contributed by atoms with van der Waals surface area (Å²) in [5.74, 6) is -1.56. The van der Waals surface area contributed by atoms with E-state index >= 15 is 0 Å². The first-order valence-electron chi connectivity index (χ1n) is 52.4. The predicted octanol–water partition coefficient (Wildman–Crippen LogP) is 33.3. The molecule has 0 aromatic heterocycles. The van der Waals surface area contributed by atoms with Crippen molar-refractivity contribution in [3.8, 4) is 0 Å². The minimum atomic E-state index is -4.95. The van der Waals surface area contributed by atoms with Crippen LogP contribution in [0.2, 0.25) is 0 Å². The number of esters is 3. The summed E-state index contributed by atoms with van der Waals surface area (Å²) in [5.41, 5.74) is 0. The van der Waals surface area contributed by atoms with Gasteiger partial charge in [-0.25, -0.2) is 9.13 Å². The van der Waals surface area contributed by atoms with Gasteiger partial charge in [0.05, 0.1) is 26.4 Å². The van der Waals surface area contributed by atoms with Crippen LogP contribution >= 0.6 is 15.6 Å².